The van der Waals surface area contributed by atoms with Crippen LogP contribution in [0.4, 0.5) is 0 Å². The van der Waals surface area contributed by atoms with Crippen LogP contribution in [0.5, 0.6) is 0 Å². The molecule has 2 heteroatoms. The van der Waals surface area contributed by atoms with E-state index in [9.17, 15) is 0 Å². The van der Waals surface area contributed by atoms with Crippen molar-refractivity contribution in [1.29, 1.82) is 0 Å². The molecule has 14 heavy (non-hydrogen) atoms. The predicted molar refractivity (Wildman–Crippen MR) is 59.9 cm³/mol. The number of nitrogens with zero attached hydrogens (tertiary/aromatic N) is 1. The zero-order valence-corrected chi connectivity index (χ0v) is 9.29. The largest absolute Gasteiger partial charge is 0.499 e. The number of unbranched alkanes of at least 4 members (excludes halogenated alkanes) is 1. The molecular formula is C12H19NO. The fourth-order valence-corrected chi connectivity index (χ4v) is 1.42. The van der Waals surface area contributed by atoms with Gasteiger partial charge in [0.1, 0.15) is 5.76 Å². The number of allylic oxidation sites excluding steroid dienone is 4. The van der Waals surface area contributed by atoms with Crippen molar-refractivity contribution in [1.82, 2.24) is 4.90 Å². The molecule has 0 bridgehead atoms. The Balaban J connectivity index is 2.62. The molecule has 78 valence electrons. The maximum absolute atomic E-state index is 5.24. The first-order valence-corrected chi connectivity index (χ1v) is 5.09. The summed E-state index contributed by atoms with van der Waals surface area (Å²) in [5, 5.41) is 0. The van der Waals surface area contributed by atoms with Crippen LogP contribution in [0.15, 0.2) is 35.8 Å². The number of ether oxygens (including phenoxy) is 1. The molecule has 1 heterocycles. The number of methoxy groups -OCH3 is 1. The van der Waals surface area contributed by atoms with E-state index in [0.717, 1.165) is 18.7 Å². The topological polar surface area (TPSA) is 12.5 Å². The van der Waals surface area contributed by atoms with Crippen LogP contribution in [-0.4, -0.2) is 25.6 Å². The third kappa shape index (κ3) is 3.29. The van der Waals surface area contributed by atoms with Gasteiger partial charge in [0, 0.05) is 13.2 Å². The summed E-state index contributed by atoms with van der Waals surface area (Å²) in [6, 6.07) is 0. The molecule has 0 spiro atoms. The summed E-state index contributed by atoms with van der Waals surface area (Å²) in [4.78, 5) is 2.13. The van der Waals surface area contributed by atoms with E-state index in [1.54, 1.807) is 7.11 Å². The van der Waals surface area contributed by atoms with Crippen LogP contribution in [0.1, 0.15) is 19.8 Å². The lowest BCUT2D eigenvalue weighted by molar-refractivity contribution is 0.253. The van der Waals surface area contributed by atoms with Crippen molar-refractivity contribution in [3.8, 4) is 0 Å². The summed E-state index contributed by atoms with van der Waals surface area (Å²) in [6.07, 6.45) is 10.9. The minimum atomic E-state index is 0.863. The summed E-state index contributed by atoms with van der Waals surface area (Å²) in [6.45, 7) is 3.05. The fraction of sp³-hybridized carbons (Fsp3) is 0.500. The van der Waals surface area contributed by atoms with Gasteiger partial charge in [0.15, 0.2) is 0 Å². The quantitative estimate of drug-likeness (QED) is 0.680. The Hall–Kier alpha value is -1.18. The van der Waals surface area contributed by atoms with Crippen molar-refractivity contribution >= 4 is 0 Å². The Kier molecular flexibility index (Phi) is 4.30. The third-order valence-electron chi connectivity index (χ3n) is 2.13. The van der Waals surface area contributed by atoms with Gasteiger partial charge in [-0.05, 0) is 18.1 Å². The number of likely N-dealkylation sites (N-methyl/N-ethyl adjacent to an activating group) is 1. The standard InChI is InChI=1S/C12H19NO/c1-4-5-6-7-11-8-12(14-3)10-13(2)9-11/h6-9H,4-5,10H2,1-3H3. The lowest BCUT2D eigenvalue weighted by Gasteiger charge is -2.21. The molecule has 0 radical (unpaired) electrons. The normalized spacial score (nSPS) is 16.9. The van der Waals surface area contributed by atoms with Gasteiger partial charge >= 0.3 is 0 Å². The zero-order valence-electron chi connectivity index (χ0n) is 9.29. The highest BCUT2D eigenvalue weighted by molar-refractivity contribution is 5.34. The molecule has 0 saturated carbocycles. The minimum Gasteiger partial charge on any atom is -0.499 e. The number of hydrogen-bond donors (Lipinski definition) is 0. The van der Waals surface area contributed by atoms with Crippen LogP contribution in [0.2, 0.25) is 0 Å². The molecule has 0 unspecified atom stereocenters. The van der Waals surface area contributed by atoms with E-state index in [-0.39, 0.29) is 0 Å². The molecule has 0 atom stereocenters. The van der Waals surface area contributed by atoms with Gasteiger partial charge in [-0.15, -0.1) is 0 Å². The van der Waals surface area contributed by atoms with Crippen molar-refractivity contribution in [3.63, 3.8) is 0 Å². The van der Waals surface area contributed by atoms with Crippen molar-refractivity contribution in [2.24, 2.45) is 0 Å². The molecule has 2 nitrogen and oxygen atoms in total. The minimum absolute atomic E-state index is 0.863. The average Bonchev–Trinajstić information content (AvgIpc) is 2.17. The van der Waals surface area contributed by atoms with Crippen LogP contribution < -0.4 is 0 Å². The first-order chi connectivity index (χ1) is 6.76. The predicted octanol–water partition coefficient (Wildman–Crippen LogP) is 2.70. The third-order valence-corrected chi connectivity index (χ3v) is 2.13. The van der Waals surface area contributed by atoms with E-state index < -0.39 is 0 Å². The van der Waals surface area contributed by atoms with Crippen LogP contribution in [0.25, 0.3) is 0 Å². The van der Waals surface area contributed by atoms with E-state index in [1.165, 1.54) is 12.0 Å². The summed E-state index contributed by atoms with van der Waals surface area (Å²) < 4.78 is 5.24. The molecule has 0 N–H and O–H groups in total. The second-order valence-corrected chi connectivity index (χ2v) is 3.55. The molecule has 0 aromatic rings. The van der Waals surface area contributed by atoms with Crippen LogP contribution in [-0.2, 0) is 4.74 Å². The first kappa shape index (κ1) is 10.9. The van der Waals surface area contributed by atoms with Crippen molar-refractivity contribution in [3.05, 3.63) is 35.8 Å². The zero-order chi connectivity index (χ0) is 10.4. The van der Waals surface area contributed by atoms with Gasteiger partial charge in [0.05, 0.1) is 13.7 Å². The average molecular weight is 193 g/mol. The summed E-state index contributed by atoms with van der Waals surface area (Å²) >= 11 is 0. The number of rotatable bonds is 4. The SMILES string of the molecule is CCCC=CC1=CN(C)CC(OC)=C1. The van der Waals surface area contributed by atoms with Crippen LogP contribution >= 0.6 is 0 Å². The first-order valence-electron chi connectivity index (χ1n) is 5.09. The summed E-state index contributed by atoms with van der Waals surface area (Å²) in [7, 11) is 3.78. The molecule has 1 aliphatic heterocycles. The van der Waals surface area contributed by atoms with Gasteiger partial charge in [0.25, 0.3) is 0 Å². The molecule has 0 aromatic heterocycles. The molecule has 0 fully saturated rings. The van der Waals surface area contributed by atoms with Crippen molar-refractivity contribution in [2.45, 2.75) is 19.8 Å². The van der Waals surface area contributed by atoms with Crippen LogP contribution in [0.3, 0.4) is 0 Å². The van der Waals surface area contributed by atoms with Gasteiger partial charge < -0.3 is 9.64 Å². The Bertz CT molecular complexity index is 263. The van der Waals surface area contributed by atoms with Gasteiger partial charge in [0.2, 0.25) is 0 Å². The maximum atomic E-state index is 5.24. The highest BCUT2D eigenvalue weighted by atomic mass is 16.5. The Morgan fingerprint density at radius 2 is 2.36 bits per heavy atom. The van der Waals surface area contributed by atoms with E-state index in [0.29, 0.717) is 0 Å². The Labute approximate surface area is 86.6 Å². The molecule has 1 aliphatic rings. The highest BCUT2D eigenvalue weighted by Gasteiger charge is 2.06. The Morgan fingerprint density at radius 3 is 3.00 bits per heavy atom. The van der Waals surface area contributed by atoms with Gasteiger partial charge in [-0.25, -0.2) is 0 Å². The van der Waals surface area contributed by atoms with Gasteiger partial charge in [-0.3, -0.25) is 0 Å². The van der Waals surface area contributed by atoms with Gasteiger partial charge in [-0.2, -0.15) is 0 Å². The smallest absolute Gasteiger partial charge is 0.115 e. The van der Waals surface area contributed by atoms with E-state index in [1.807, 2.05) is 0 Å². The second kappa shape index (κ2) is 5.53. The number of hydrogen-bond acceptors (Lipinski definition) is 2. The Morgan fingerprint density at radius 1 is 1.57 bits per heavy atom. The monoisotopic (exact) mass is 193 g/mol. The van der Waals surface area contributed by atoms with E-state index in [2.05, 4.69) is 43.3 Å². The molecular weight excluding hydrogens is 174 g/mol. The molecule has 0 aliphatic carbocycles. The molecule has 0 saturated heterocycles. The second-order valence-electron chi connectivity index (χ2n) is 3.55. The van der Waals surface area contributed by atoms with Crippen LogP contribution in [0, 0.1) is 0 Å². The molecule has 1 rings (SSSR count). The van der Waals surface area contributed by atoms with E-state index in [4.69, 9.17) is 4.74 Å². The summed E-state index contributed by atoms with van der Waals surface area (Å²) in [5.74, 6) is 1.02. The lowest BCUT2D eigenvalue weighted by atomic mass is 10.1. The van der Waals surface area contributed by atoms with Gasteiger partial charge in [-0.1, -0.05) is 25.5 Å². The lowest BCUT2D eigenvalue weighted by Crippen LogP contribution is -2.19. The molecule has 0 amide bonds. The van der Waals surface area contributed by atoms with Crippen molar-refractivity contribution in [2.75, 3.05) is 20.7 Å². The maximum Gasteiger partial charge on any atom is 0.115 e. The van der Waals surface area contributed by atoms with Crippen molar-refractivity contribution < 1.29 is 4.74 Å². The molecule has 0 aromatic carbocycles. The highest BCUT2D eigenvalue weighted by Crippen LogP contribution is 2.14. The van der Waals surface area contributed by atoms with E-state index >= 15 is 0 Å². The fourth-order valence-electron chi connectivity index (χ4n) is 1.42. The summed E-state index contributed by atoms with van der Waals surface area (Å²) in [5.41, 5.74) is 1.21.